The maximum atomic E-state index is 12.9. The van der Waals surface area contributed by atoms with Crippen LogP contribution in [-0.4, -0.2) is 33.8 Å². The lowest BCUT2D eigenvalue weighted by atomic mass is 9.95. The van der Waals surface area contributed by atoms with Crippen LogP contribution in [0.15, 0.2) is 41.7 Å². The molecule has 1 N–H and O–H groups in total. The van der Waals surface area contributed by atoms with Gasteiger partial charge in [0.25, 0.3) is 0 Å². The fourth-order valence-electron chi connectivity index (χ4n) is 3.96. The molecule has 0 heterocycles. The summed E-state index contributed by atoms with van der Waals surface area (Å²) in [5.41, 5.74) is 2.94. The van der Waals surface area contributed by atoms with Gasteiger partial charge in [-0.15, -0.1) is 0 Å². The smallest absolute Gasteiger partial charge is 0.220 e. The van der Waals surface area contributed by atoms with Crippen molar-refractivity contribution in [1.82, 2.24) is 5.32 Å². The molecule has 1 aliphatic rings. The number of hydrogen-bond acceptors (Lipinski definition) is 6. The van der Waals surface area contributed by atoms with Crippen LogP contribution in [0.4, 0.5) is 0 Å². The molecule has 1 atom stereocenters. The minimum atomic E-state index is -0.353. The van der Waals surface area contributed by atoms with Crippen molar-refractivity contribution in [3.05, 3.63) is 58.3 Å². The summed E-state index contributed by atoms with van der Waals surface area (Å²) >= 11 is 0. The van der Waals surface area contributed by atoms with Crippen molar-refractivity contribution in [2.24, 2.45) is 0 Å². The summed E-state index contributed by atoms with van der Waals surface area (Å²) in [6.45, 7) is 5.30. The standard InChI is InChI=1S/C24H27NO6/c1-6-11-31-20-10-8-16-17(13-19(20)27)18(25-14(2)26)9-7-15-12-21(28-3)23(29-4)24(30-5)22(15)16/h6,8,10,12-13,18H,1,7,9,11H2,2-5H3,(H,25,26)/t18-/m1/s1. The number of hydrogen-bond donors (Lipinski definition) is 1. The first-order valence-electron chi connectivity index (χ1n) is 9.96. The van der Waals surface area contributed by atoms with Gasteiger partial charge in [-0.25, -0.2) is 0 Å². The Morgan fingerprint density at radius 1 is 1.13 bits per heavy atom. The van der Waals surface area contributed by atoms with Crippen molar-refractivity contribution in [3.63, 3.8) is 0 Å². The molecule has 2 aromatic rings. The number of methoxy groups -OCH3 is 3. The van der Waals surface area contributed by atoms with E-state index in [0.717, 1.165) is 16.7 Å². The van der Waals surface area contributed by atoms with Gasteiger partial charge in [-0.05, 0) is 47.7 Å². The van der Waals surface area contributed by atoms with Gasteiger partial charge in [0, 0.05) is 12.5 Å². The second kappa shape index (κ2) is 9.55. The van der Waals surface area contributed by atoms with Crippen LogP contribution in [0, 0.1) is 0 Å². The van der Waals surface area contributed by atoms with Crippen LogP contribution in [-0.2, 0) is 11.2 Å². The highest BCUT2D eigenvalue weighted by Crippen LogP contribution is 2.50. The summed E-state index contributed by atoms with van der Waals surface area (Å²) in [6, 6.07) is 6.55. The van der Waals surface area contributed by atoms with Gasteiger partial charge in [0.05, 0.1) is 27.4 Å². The van der Waals surface area contributed by atoms with Crippen LogP contribution >= 0.6 is 0 Å². The zero-order valence-electron chi connectivity index (χ0n) is 18.2. The van der Waals surface area contributed by atoms with E-state index in [1.165, 1.54) is 13.0 Å². The van der Waals surface area contributed by atoms with E-state index in [4.69, 9.17) is 18.9 Å². The molecule has 0 unspecified atom stereocenters. The van der Waals surface area contributed by atoms with Gasteiger partial charge in [0.15, 0.2) is 17.2 Å². The summed E-state index contributed by atoms with van der Waals surface area (Å²) in [6.07, 6.45) is 2.82. The first-order valence-corrected chi connectivity index (χ1v) is 9.96. The number of fused-ring (bicyclic) bond motifs is 3. The number of carbonyl (C=O) groups excluding carboxylic acids is 1. The Hall–Kier alpha value is -3.48. The molecule has 0 bridgehead atoms. The molecule has 31 heavy (non-hydrogen) atoms. The normalized spacial score (nSPS) is 14.4. The highest BCUT2D eigenvalue weighted by molar-refractivity contribution is 5.83. The third-order valence-corrected chi connectivity index (χ3v) is 5.23. The Kier molecular flexibility index (Phi) is 6.84. The number of aryl methyl sites for hydroxylation is 1. The van der Waals surface area contributed by atoms with Gasteiger partial charge in [0.1, 0.15) is 6.61 Å². The van der Waals surface area contributed by atoms with E-state index in [2.05, 4.69) is 11.9 Å². The summed E-state index contributed by atoms with van der Waals surface area (Å²) in [5, 5.41) is 2.97. The van der Waals surface area contributed by atoms with Crippen LogP contribution < -0.4 is 29.7 Å². The van der Waals surface area contributed by atoms with E-state index < -0.39 is 0 Å². The molecule has 0 saturated carbocycles. The average molecular weight is 425 g/mol. The van der Waals surface area contributed by atoms with Crippen molar-refractivity contribution in [2.75, 3.05) is 27.9 Å². The van der Waals surface area contributed by atoms with Gasteiger partial charge in [-0.1, -0.05) is 18.7 Å². The first-order chi connectivity index (χ1) is 14.9. The highest BCUT2D eigenvalue weighted by Gasteiger charge is 2.29. The zero-order valence-corrected chi connectivity index (χ0v) is 18.2. The highest BCUT2D eigenvalue weighted by atomic mass is 16.5. The fourth-order valence-corrected chi connectivity index (χ4v) is 3.96. The van der Waals surface area contributed by atoms with E-state index >= 15 is 0 Å². The van der Waals surface area contributed by atoms with E-state index in [9.17, 15) is 9.59 Å². The number of ether oxygens (including phenoxy) is 4. The van der Waals surface area contributed by atoms with Gasteiger partial charge in [0.2, 0.25) is 17.1 Å². The van der Waals surface area contributed by atoms with Crippen molar-refractivity contribution >= 4 is 5.91 Å². The Morgan fingerprint density at radius 3 is 2.48 bits per heavy atom. The van der Waals surface area contributed by atoms with Crippen LogP contribution in [0.1, 0.15) is 30.5 Å². The minimum Gasteiger partial charge on any atom is -0.493 e. The third-order valence-electron chi connectivity index (χ3n) is 5.23. The molecule has 0 fully saturated rings. The van der Waals surface area contributed by atoms with Crippen molar-refractivity contribution in [2.45, 2.75) is 25.8 Å². The average Bonchev–Trinajstić information content (AvgIpc) is 2.99. The Balaban J connectivity index is 2.37. The van der Waals surface area contributed by atoms with Gasteiger partial charge < -0.3 is 24.3 Å². The van der Waals surface area contributed by atoms with Crippen LogP contribution in [0.25, 0.3) is 11.1 Å². The molecule has 7 nitrogen and oxygen atoms in total. The van der Waals surface area contributed by atoms with E-state index in [0.29, 0.717) is 35.7 Å². The Labute approximate surface area is 181 Å². The summed E-state index contributed by atoms with van der Waals surface area (Å²) < 4.78 is 22.4. The molecule has 1 aliphatic carbocycles. The van der Waals surface area contributed by atoms with Gasteiger partial charge in [-0.3, -0.25) is 9.59 Å². The topological polar surface area (TPSA) is 83.1 Å². The summed E-state index contributed by atoms with van der Waals surface area (Å²) in [5.74, 6) is 1.55. The predicted octanol–water partition coefficient (Wildman–Crippen LogP) is 3.43. The molecule has 164 valence electrons. The molecule has 3 rings (SSSR count). The molecule has 0 aromatic heterocycles. The van der Waals surface area contributed by atoms with Crippen LogP contribution in [0.2, 0.25) is 0 Å². The molecule has 2 aromatic carbocycles. The number of carbonyl (C=O) groups is 1. The van der Waals surface area contributed by atoms with Crippen molar-refractivity contribution in [1.29, 1.82) is 0 Å². The van der Waals surface area contributed by atoms with Crippen LogP contribution in [0.5, 0.6) is 23.0 Å². The molecule has 0 aliphatic heterocycles. The number of nitrogens with one attached hydrogen (secondary N) is 1. The predicted molar refractivity (Wildman–Crippen MR) is 118 cm³/mol. The molecule has 7 heteroatoms. The van der Waals surface area contributed by atoms with E-state index in [1.807, 2.05) is 12.1 Å². The summed E-state index contributed by atoms with van der Waals surface area (Å²) in [7, 11) is 4.68. The quantitative estimate of drug-likeness (QED) is 0.685. The monoisotopic (exact) mass is 425 g/mol. The second-order valence-electron chi connectivity index (χ2n) is 7.15. The largest absolute Gasteiger partial charge is 0.493 e. The van der Waals surface area contributed by atoms with Crippen molar-refractivity contribution in [3.8, 4) is 34.1 Å². The lowest BCUT2D eigenvalue weighted by Crippen LogP contribution is -2.26. The fraction of sp³-hybridized carbons (Fsp3) is 0.333. The molecular weight excluding hydrogens is 398 g/mol. The lowest BCUT2D eigenvalue weighted by molar-refractivity contribution is -0.119. The first kappa shape index (κ1) is 22.2. The number of rotatable bonds is 7. The van der Waals surface area contributed by atoms with E-state index in [1.54, 1.807) is 33.5 Å². The molecule has 0 spiro atoms. The van der Waals surface area contributed by atoms with Gasteiger partial charge >= 0.3 is 0 Å². The second-order valence-corrected chi connectivity index (χ2v) is 7.15. The Bertz CT molecular complexity index is 1060. The van der Waals surface area contributed by atoms with E-state index in [-0.39, 0.29) is 29.7 Å². The molecular formula is C24H27NO6. The van der Waals surface area contributed by atoms with Crippen molar-refractivity contribution < 1.29 is 23.7 Å². The number of amides is 1. The lowest BCUT2D eigenvalue weighted by Gasteiger charge is -2.19. The minimum absolute atomic E-state index is 0.175. The van der Waals surface area contributed by atoms with Crippen LogP contribution in [0.3, 0.4) is 0 Å². The number of benzene rings is 1. The zero-order chi connectivity index (χ0) is 22.5. The third kappa shape index (κ3) is 4.35. The molecule has 0 saturated heterocycles. The summed E-state index contributed by atoms with van der Waals surface area (Å²) in [4.78, 5) is 24.8. The Morgan fingerprint density at radius 2 is 1.87 bits per heavy atom. The SMILES string of the molecule is C=CCOc1ccc2c(cc1=O)[C@H](NC(C)=O)CCc1cc(OC)c(OC)c(OC)c1-2. The maximum Gasteiger partial charge on any atom is 0.220 e. The maximum absolute atomic E-state index is 12.9. The molecule has 0 radical (unpaired) electrons. The van der Waals surface area contributed by atoms with Gasteiger partial charge in [-0.2, -0.15) is 0 Å². The molecule has 1 amide bonds.